The van der Waals surface area contributed by atoms with Gasteiger partial charge in [-0.3, -0.25) is 0 Å². The number of hydrogen-bond donors (Lipinski definition) is 5. The Balaban J connectivity index is 2.78. The molecule has 6 atom stereocenters. The van der Waals surface area contributed by atoms with E-state index in [9.17, 15) is 10.2 Å². The summed E-state index contributed by atoms with van der Waals surface area (Å²) in [4.78, 5) is 2.27. The Morgan fingerprint density at radius 3 is 2.27 bits per heavy atom. The highest BCUT2D eigenvalue weighted by atomic mass is 16.6. The molecule has 1 aliphatic heterocycles. The molecule has 0 amide bonds. The molecule has 86 valence electrons. The number of azide groups is 1. The van der Waals surface area contributed by atoms with E-state index in [4.69, 9.17) is 20.9 Å². The van der Waals surface area contributed by atoms with Crippen LogP contribution in [0.1, 0.15) is 0 Å². The lowest BCUT2D eigenvalue weighted by Crippen LogP contribution is -2.60. The van der Waals surface area contributed by atoms with Crippen LogP contribution in [0.4, 0.5) is 0 Å². The lowest BCUT2D eigenvalue weighted by atomic mass is 9.98. The predicted octanol–water partition coefficient (Wildman–Crippen LogP) is -2.59. The summed E-state index contributed by atoms with van der Waals surface area (Å²) >= 11 is 0. The van der Waals surface area contributed by atoms with Crippen molar-refractivity contribution in [2.24, 2.45) is 5.11 Å². The summed E-state index contributed by atoms with van der Waals surface area (Å²) in [7, 11) is 0. The van der Waals surface area contributed by atoms with E-state index in [0.29, 0.717) is 0 Å². The summed E-state index contributed by atoms with van der Waals surface area (Å²) in [5.74, 6) is 0. The third kappa shape index (κ3) is 2.36. The molecule has 0 aromatic heterocycles. The van der Waals surface area contributed by atoms with Crippen LogP contribution >= 0.6 is 0 Å². The lowest BCUT2D eigenvalue weighted by Gasteiger charge is -2.39. The summed E-state index contributed by atoms with van der Waals surface area (Å²) in [5.41, 5.74) is 8.02. The third-order valence-electron chi connectivity index (χ3n) is 2.09. The fourth-order valence-corrected chi connectivity index (χ4v) is 1.25. The van der Waals surface area contributed by atoms with Crippen molar-refractivity contribution >= 4 is 0 Å². The van der Waals surface area contributed by atoms with Crippen LogP contribution in [-0.4, -0.2) is 62.5 Å². The number of aliphatic hydroxyl groups is 5. The highest BCUT2D eigenvalue weighted by Gasteiger charge is 2.45. The van der Waals surface area contributed by atoms with E-state index in [1.54, 1.807) is 0 Å². The molecule has 1 unspecified atom stereocenters. The largest absolute Gasteiger partial charge is 0.387 e. The van der Waals surface area contributed by atoms with Gasteiger partial charge < -0.3 is 30.3 Å². The zero-order chi connectivity index (χ0) is 11.6. The molecule has 9 heteroatoms. The van der Waals surface area contributed by atoms with E-state index in [0.717, 1.165) is 0 Å². The molecule has 9 nitrogen and oxygen atoms in total. The number of aliphatic hydroxyl groups excluding tert-OH is 5. The van der Waals surface area contributed by atoms with E-state index in [-0.39, 0.29) is 0 Å². The number of hydrogen-bond acceptors (Lipinski definition) is 7. The van der Waals surface area contributed by atoms with Crippen molar-refractivity contribution < 1.29 is 30.3 Å². The first kappa shape index (κ1) is 12.1. The van der Waals surface area contributed by atoms with E-state index < -0.39 is 36.9 Å². The molecule has 1 saturated heterocycles. The summed E-state index contributed by atoms with van der Waals surface area (Å²) in [6, 6.07) is 0. The molecule has 15 heavy (non-hydrogen) atoms. The van der Waals surface area contributed by atoms with Gasteiger partial charge in [0, 0.05) is 4.91 Å². The maximum Gasteiger partial charge on any atom is 0.184 e. The van der Waals surface area contributed by atoms with Crippen molar-refractivity contribution in [3.05, 3.63) is 10.4 Å². The molecule has 0 spiro atoms. The molecule has 0 aromatic carbocycles. The molecule has 1 rings (SSSR count). The summed E-state index contributed by atoms with van der Waals surface area (Å²) in [5, 5.41) is 48.7. The van der Waals surface area contributed by atoms with Crippen LogP contribution in [0.25, 0.3) is 10.4 Å². The Hall–Kier alpha value is -0.930. The van der Waals surface area contributed by atoms with Gasteiger partial charge in [0.05, 0.1) is 0 Å². The fraction of sp³-hybridized carbons (Fsp3) is 1.00. The number of nitrogens with zero attached hydrogens (tertiary/aromatic N) is 3. The normalized spacial score (nSPS) is 43.1. The van der Waals surface area contributed by atoms with Crippen molar-refractivity contribution in [3.8, 4) is 0 Å². The average molecular weight is 221 g/mol. The van der Waals surface area contributed by atoms with Crippen LogP contribution in [0.5, 0.6) is 0 Å². The van der Waals surface area contributed by atoms with Crippen molar-refractivity contribution in [1.29, 1.82) is 0 Å². The van der Waals surface area contributed by atoms with Gasteiger partial charge in [0.15, 0.2) is 12.5 Å². The summed E-state index contributed by atoms with van der Waals surface area (Å²) in [6.07, 6.45) is -10.1. The monoisotopic (exact) mass is 221 g/mol. The highest BCUT2D eigenvalue weighted by molar-refractivity contribution is 4.91. The second-order valence-electron chi connectivity index (χ2n) is 3.08. The first-order valence-corrected chi connectivity index (χ1v) is 4.09. The van der Waals surface area contributed by atoms with Gasteiger partial charge in [0.25, 0.3) is 0 Å². The lowest BCUT2D eigenvalue weighted by molar-refractivity contribution is -0.296. The molecule has 1 aliphatic rings. The van der Waals surface area contributed by atoms with Gasteiger partial charge in [0.1, 0.15) is 24.4 Å². The molecule has 0 radical (unpaired) electrons. The van der Waals surface area contributed by atoms with Gasteiger partial charge in [-0.15, -0.1) is 0 Å². The quantitative estimate of drug-likeness (QED) is 0.195. The van der Waals surface area contributed by atoms with Crippen LogP contribution in [0.15, 0.2) is 5.11 Å². The molecule has 5 N–H and O–H groups in total. The van der Waals surface area contributed by atoms with Crippen molar-refractivity contribution in [1.82, 2.24) is 0 Å². The Morgan fingerprint density at radius 1 is 1.13 bits per heavy atom. The molecule has 0 aliphatic carbocycles. The molecule has 0 saturated carbocycles. The zero-order valence-electron chi connectivity index (χ0n) is 7.45. The summed E-state index contributed by atoms with van der Waals surface area (Å²) < 4.78 is 4.58. The van der Waals surface area contributed by atoms with Crippen LogP contribution in [-0.2, 0) is 4.74 Å². The SMILES string of the molecule is [N-]=[N+]=NC(O)[C@H]1O[C@H](O)[C@H](O)[C@@H](O)[C@@H]1O. The van der Waals surface area contributed by atoms with Gasteiger partial charge in [-0.1, -0.05) is 5.11 Å². The Morgan fingerprint density at radius 2 is 1.73 bits per heavy atom. The maximum absolute atomic E-state index is 9.33. The van der Waals surface area contributed by atoms with Crippen LogP contribution < -0.4 is 0 Å². The first-order valence-electron chi connectivity index (χ1n) is 4.09. The minimum atomic E-state index is -1.77. The topological polar surface area (TPSA) is 159 Å². The molecule has 0 bridgehead atoms. The second kappa shape index (κ2) is 4.73. The van der Waals surface area contributed by atoms with Gasteiger partial charge in [0.2, 0.25) is 0 Å². The van der Waals surface area contributed by atoms with Crippen LogP contribution in [0.2, 0.25) is 0 Å². The van der Waals surface area contributed by atoms with Crippen molar-refractivity contribution in [3.63, 3.8) is 0 Å². The van der Waals surface area contributed by atoms with E-state index in [1.165, 1.54) is 0 Å². The smallest absolute Gasteiger partial charge is 0.184 e. The minimum Gasteiger partial charge on any atom is -0.387 e. The maximum atomic E-state index is 9.33. The zero-order valence-corrected chi connectivity index (χ0v) is 7.45. The van der Waals surface area contributed by atoms with E-state index in [2.05, 4.69) is 14.8 Å². The van der Waals surface area contributed by atoms with Gasteiger partial charge in [-0.25, -0.2) is 0 Å². The first-order chi connectivity index (χ1) is 6.99. The third-order valence-corrected chi connectivity index (χ3v) is 2.09. The Bertz CT molecular complexity index is 270. The van der Waals surface area contributed by atoms with Crippen molar-refractivity contribution in [2.75, 3.05) is 0 Å². The molecule has 1 heterocycles. The predicted molar refractivity (Wildman–Crippen MR) is 44.1 cm³/mol. The second-order valence-corrected chi connectivity index (χ2v) is 3.08. The van der Waals surface area contributed by atoms with E-state index in [1.807, 2.05) is 0 Å². The van der Waals surface area contributed by atoms with Crippen LogP contribution in [0.3, 0.4) is 0 Å². The van der Waals surface area contributed by atoms with E-state index >= 15 is 0 Å². The highest BCUT2D eigenvalue weighted by Crippen LogP contribution is 2.22. The van der Waals surface area contributed by atoms with Gasteiger partial charge >= 0.3 is 0 Å². The van der Waals surface area contributed by atoms with Gasteiger partial charge in [-0.2, -0.15) is 0 Å². The van der Waals surface area contributed by atoms with Gasteiger partial charge in [-0.05, 0) is 5.53 Å². The molecule has 0 aromatic rings. The van der Waals surface area contributed by atoms with Crippen molar-refractivity contribution in [2.45, 2.75) is 36.9 Å². The molecular weight excluding hydrogens is 210 g/mol. The average Bonchev–Trinajstić information content (AvgIpc) is 2.20. The standard InChI is InChI=1S/C6H11N3O6/c7-9-8-5(13)4-2(11)1(10)3(12)6(14)15-4/h1-6,10-14H/t1-,2-,3+,4-,5?,6-/m0/s1. The molecule has 1 fully saturated rings. The Kier molecular flexibility index (Phi) is 3.83. The Labute approximate surface area is 83.8 Å². The van der Waals surface area contributed by atoms with Crippen LogP contribution in [0, 0.1) is 0 Å². The fourth-order valence-electron chi connectivity index (χ4n) is 1.25. The minimum absolute atomic E-state index is 1.49. The number of ether oxygens (including phenoxy) is 1. The number of rotatable bonds is 2. The molecular formula is C6H11N3O6. The summed E-state index contributed by atoms with van der Waals surface area (Å²) in [6.45, 7) is 0.